The van der Waals surface area contributed by atoms with Crippen LogP contribution in [0.5, 0.6) is 0 Å². The number of hydrogen-bond donors (Lipinski definition) is 1. The number of nitrogens with one attached hydrogen (secondary N) is 1. The predicted molar refractivity (Wildman–Crippen MR) is 80.9 cm³/mol. The van der Waals surface area contributed by atoms with Crippen molar-refractivity contribution >= 4 is 11.7 Å². The first-order valence-corrected chi connectivity index (χ1v) is 7.48. The maximum atomic E-state index is 11.3. The summed E-state index contributed by atoms with van der Waals surface area (Å²) in [6, 6.07) is 11.1. The van der Waals surface area contributed by atoms with E-state index in [1.54, 1.807) is 0 Å². The second kappa shape index (κ2) is 7.90. The number of esters is 1. The minimum absolute atomic E-state index is 0.110. The molecule has 4 heteroatoms. The number of piperidine rings is 1. The molecule has 1 aromatic rings. The third kappa shape index (κ3) is 4.53. The van der Waals surface area contributed by atoms with Crippen LogP contribution in [-0.4, -0.2) is 38.3 Å². The zero-order valence-corrected chi connectivity index (χ0v) is 12.2. The van der Waals surface area contributed by atoms with Gasteiger partial charge < -0.3 is 15.0 Å². The van der Waals surface area contributed by atoms with Gasteiger partial charge in [0.1, 0.15) is 0 Å². The van der Waals surface area contributed by atoms with Crippen LogP contribution in [0.3, 0.4) is 0 Å². The van der Waals surface area contributed by atoms with Gasteiger partial charge in [0, 0.05) is 31.4 Å². The fraction of sp³-hybridized carbons (Fsp3) is 0.562. The second-order valence-corrected chi connectivity index (χ2v) is 5.11. The first-order valence-electron chi connectivity index (χ1n) is 7.48. The molecule has 0 bridgehead atoms. The molecule has 0 atom stereocenters. The van der Waals surface area contributed by atoms with E-state index in [1.165, 1.54) is 5.69 Å². The van der Waals surface area contributed by atoms with Crippen LogP contribution in [0.15, 0.2) is 30.3 Å². The molecule has 1 aromatic carbocycles. The first kappa shape index (κ1) is 14.9. The molecule has 2 rings (SSSR count). The molecule has 0 spiro atoms. The summed E-state index contributed by atoms with van der Waals surface area (Å²) in [5, 5.41) is 3.46. The summed E-state index contributed by atoms with van der Waals surface area (Å²) < 4.78 is 4.92. The molecule has 4 nitrogen and oxygen atoms in total. The third-order valence-electron chi connectivity index (χ3n) is 3.68. The number of carbonyl (C=O) groups excluding carboxylic acids is 1. The Bertz CT molecular complexity index is 400. The van der Waals surface area contributed by atoms with Crippen molar-refractivity contribution in [2.45, 2.75) is 32.2 Å². The molecule has 0 aliphatic carbocycles. The van der Waals surface area contributed by atoms with Crippen molar-refractivity contribution in [3.8, 4) is 0 Å². The van der Waals surface area contributed by atoms with Crippen molar-refractivity contribution in [3.63, 3.8) is 0 Å². The number of anilines is 1. The zero-order chi connectivity index (χ0) is 14.2. The summed E-state index contributed by atoms with van der Waals surface area (Å²) in [6.45, 7) is 5.16. The van der Waals surface area contributed by atoms with Crippen molar-refractivity contribution in [2.24, 2.45) is 0 Å². The summed E-state index contributed by atoms with van der Waals surface area (Å²) in [5.41, 5.74) is 1.30. The zero-order valence-electron chi connectivity index (χ0n) is 12.2. The number of hydrogen-bond acceptors (Lipinski definition) is 4. The van der Waals surface area contributed by atoms with Gasteiger partial charge in [0.2, 0.25) is 0 Å². The Labute approximate surface area is 121 Å². The number of carbonyl (C=O) groups is 1. The van der Waals surface area contributed by atoms with E-state index in [0.29, 0.717) is 19.1 Å². The highest BCUT2D eigenvalue weighted by molar-refractivity contribution is 5.69. The lowest BCUT2D eigenvalue weighted by atomic mass is 10.0. The smallest absolute Gasteiger partial charge is 0.307 e. The SMILES string of the molecule is CCOC(=O)CCNC1CCN(c2ccccc2)CC1. The van der Waals surface area contributed by atoms with Gasteiger partial charge in [-0.15, -0.1) is 0 Å². The van der Waals surface area contributed by atoms with Crippen LogP contribution in [-0.2, 0) is 9.53 Å². The van der Waals surface area contributed by atoms with Gasteiger partial charge in [-0.3, -0.25) is 4.79 Å². The molecule has 1 fully saturated rings. The molecule has 0 unspecified atom stereocenters. The molecule has 1 heterocycles. The minimum Gasteiger partial charge on any atom is -0.466 e. The van der Waals surface area contributed by atoms with Gasteiger partial charge in [-0.05, 0) is 31.9 Å². The molecule has 0 aromatic heterocycles. The highest BCUT2D eigenvalue weighted by Gasteiger charge is 2.18. The fourth-order valence-electron chi connectivity index (χ4n) is 2.59. The molecule has 1 aliphatic heterocycles. The van der Waals surface area contributed by atoms with E-state index in [-0.39, 0.29) is 5.97 Å². The number of ether oxygens (including phenoxy) is 1. The molecule has 1 saturated heterocycles. The van der Waals surface area contributed by atoms with E-state index in [1.807, 2.05) is 13.0 Å². The van der Waals surface area contributed by atoms with Gasteiger partial charge in [-0.1, -0.05) is 18.2 Å². The van der Waals surface area contributed by atoms with Crippen molar-refractivity contribution in [2.75, 3.05) is 31.1 Å². The molecule has 0 saturated carbocycles. The van der Waals surface area contributed by atoms with E-state index < -0.39 is 0 Å². The van der Waals surface area contributed by atoms with Crippen molar-refractivity contribution in [3.05, 3.63) is 30.3 Å². The van der Waals surface area contributed by atoms with Crippen molar-refractivity contribution in [1.82, 2.24) is 5.32 Å². The van der Waals surface area contributed by atoms with Crippen LogP contribution >= 0.6 is 0 Å². The van der Waals surface area contributed by atoms with Crippen LogP contribution in [0.1, 0.15) is 26.2 Å². The van der Waals surface area contributed by atoms with E-state index in [0.717, 1.165) is 32.5 Å². The quantitative estimate of drug-likeness (QED) is 0.809. The van der Waals surface area contributed by atoms with Crippen LogP contribution in [0.4, 0.5) is 5.69 Å². The Morgan fingerprint density at radius 2 is 2.00 bits per heavy atom. The highest BCUT2D eigenvalue weighted by atomic mass is 16.5. The topological polar surface area (TPSA) is 41.6 Å². The van der Waals surface area contributed by atoms with Crippen LogP contribution in [0.25, 0.3) is 0 Å². The Balaban J connectivity index is 1.66. The van der Waals surface area contributed by atoms with Crippen LogP contribution < -0.4 is 10.2 Å². The predicted octanol–water partition coefficient (Wildman–Crippen LogP) is 2.20. The number of rotatable bonds is 6. The van der Waals surface area contributed by atoms with Gasteiger partial charge in [-0.25, -0.2) is 0 Å². The standard InChI is InChI=1S/C16H24N2O2/c1-2-20-16(19)8-11-17-14-9-12-18(13-10-14)15-6-4-3-5-7-15/h3-7,14,17H,2,8-13H2,1H3. The van der Waals surface area contributed by atoms with Crippen molar-refractivity contribution in [1.29, 1.82) is 0 Å². The summed E-state index contributed by atoms with van der Waals surface area (Å²) in [5.74, 6) is -0.110. The Morgan fingerprint density at radius 1 is 1.30 bits per heavy atom. The lowest BCUT2D eigenvalue weighted by Crippen LogP contribution is -2.43. The minimum atomic E-state index is -0.110. The maximum absolute atomic E-state index is 11.3. The van der Waals surface area contributed by atoms with E-state index in [9.17, 15) is 4.79 Å². The Morgan fingerprint density at radius 3 is 2.65 bits per heavy atom. The largest absolute Gasteiger partial charge is 0.466 e. The molecular weight excluding hydrogens is 252 g/mol. The van der Waals surface area contributed by atoms with Crippen LogP contribution in [0, 0.1) is 0 Å². The normalized spacial score (nSPS) is 16.1. The molecule has 0 amide bonds. The maximum Gasteiger partial charge on any atom is 0.307 e. The summed E-state index contributed by atoms with van der Waals surface area (Å²) in [4.78, 5) is 13.7. The Kier molecular flexibility index (Phi) is 5.87. The van der Waals surface area contributed by atoms with E-state index in [4.69, 9.17) is 4.74 Å². The van der Waals surface area contributed by atoms with Gasteiger partial charge in [0.05, 0.1) is 13.0 Å². The Hall–Kier alpha value is -1.55. The molecule has 1 N–H and O–H groups in total. The highest BCUT2D eigenvalue weighted by Crippen LogP contribution is 2.19. The van der Waals surface area contributed by atoms with Gasteiger partial charge >= 0.3 is 5.97 Å². The van der Waals surface area contributed by atoms with E-state index >= 15 is 0 Å². The molecule has 0 radical (unpaired) electrons. The monoisotopic (exact) mass is 276 g/mol. The molecule has 20 heavy (non-hydrogen) atoms. The van der Waals surface area contributed by atoms with Gasteiger partial charge in [-0.2, -0.15) is 0 Å². The lowest BCUT2D eigenvalue weighted by Gasteiger charge is -2.34. The summed E-state index contributed by atoms with van der Waals surface area (Å²) in [6.07, 6.45) is 2.71. The number of para-hydroxylation sites is 1. The number of nitrogens with zero attached hydrogens (tertiary/aromatic N) is 1. The van der Waals surface area contributed by atoms with E-state index in [2.05, 4.69) is 34.5 Å². The number of benzene rings is 1. The van der Waals surface area contributed by atoms with Crippen molar-refractivity contribution < 1.29 is 9.53 Å². The molecule has 110 valence electrons. The summed E-state index contributed by atoms with van der Waals surface area (Å²) in [7, 11) is 0. The fourth-order valence-corrected chi connectivity index (χ4v) is 2.59. The van der Waals surface area contributed by atoms with Gasteiger partial charge in [0.25, 0.3) is 0 Å². The van der Waals surface area contributed by atoms with Crippen LogP contribution in [0.2, 0.25) is 0 Å². The second-order valence-electron chi connectivity index (χ2n) is 5.11. The molecular formula is C16H24N2O2. The van der Waals surface area contributed by atoms with Gasteiger partial charge in [0.15, 0.2) is 0 Å². The average Bonchev–Trinajstić information content (AvgIpc) is 2.49. The summed E-state index contributed by atoms with van der Waals surface area (Å²) >= 11 is 0. The average molecular weight is 276 g/mol. The molecule has 1 aliphatic rings. The third-order valence-corrected chi connectivity index (χ3v) is 3.68. The first-order chi connectivity index (χ1) is 9.79. The lowest BCUT2D eigenvalue weighted by molar-refractivity contribution is -0.143.